The summed E-state index contributed by atoms with van der Waals surface area (Å²) in [6.45, 7) is 2.92. The van der Waals surface area contributed by atoms with Gasteiger partial charge in [0.05, 0.1) is 0 Å². The second-order valence-corrected chi connectivity index (χ2v) is 8.79. The Morgan fingerprint density at radius 1 is 1.06 bits per heavy atom. The molecule has 0 aromatic heterocycles. The van der Waals surface area contributed by atoms with E-state index in [9.17, 15) is 14.4 Å². The zero-order valence-electron chi connectivity index (χ0n) is 17.8. The highest BCUT2D eigenvalue weighted by Crippen LogP contribution is 2.28. The van der Waals surface area contributed by atoms with Gasteiger partial charge in [0.25, 0.3) is 5.91 Å². The maximum absolute atomic E-state index is 12.8. The van der Waals surface area contributed by atoms with Gasteiger partial charge in [0, 0.05) is 55.6 Å². The van der Waals surface area contributed by atoms with Gasteiger partial charge in [-0.1, -0.05) is 12.1 Å². The summed E-state index contributed by atoms with van der Waals surface area (Å²) in [5, 5.41) is 5.77. The molecule has 0 aliphatic carbocycles. The molecule has 2 aromatic carbocycles. The van der Waals surface area contributed by atoms with Crippen molar-refractivity contribution in [1.29, 1.82) is 0 Å². The molecule has 2 fully saturated rings. The van der Waals surface area contributed by atoms with Crippen LogP contribution in [0.2, 0.25) is 0 Å². The van der Waals surface area contributed by atoms with Crippen LogP contribution < -0.4 is 21.3 Å². The minimum absolute atomic E-state index is 0.147. The summed E-state index contributed by atoms with van der Waals surface area (Å²) in [5.41, 5.74) is 10.8. The number of benzene rings is 2. The summed E-state index contributed by atoms with van der Waals surface area (Å²) >= 11 is 0. The zero-order valence-corrected chi connectivity index (χ0v) is 17.8. The molecule has 2 unspecified atom stereocenters. The number of piperidine rings is 1. The number of nitrogens with one attached hydrogen (secondary N) is 2. The second-order valence-electron chi connectivity index (χ2n) is 8.79. The molecule has 2 aromatic rings. The fourth-order valence-corrected chi connectivity index (χ4v) is 4.75. The van der Waals surface area contributed by atoms with Crippen LogP contribution in [-0.4, -0.2) is 47.8 Å². The summed E-state index contributed by atoms with van der Waals surface area (Å²) in [7, 11) is 0. The van der Waals surface area contributed by atoms with E-state index in [0.29, 0.717) is 25.1 Å². The van der Waals surface area contributed by atoms with Crippen LogP contribution >= 0.6 is 0 Å². The Hall–Kier alpha value is -3.39. The first-order valence-corrected chi connectivity index (χ1v) is 11.1. The molecule has 2 atom stereocenters. The van der Waals surface area contributed by atoms with E-state index >= 15 is 0 Å². The molecule has 0 saturated carbocycles. The van der Waals surface area contributed by atoms with Crippen LogP contribution in [0.25, 0.3) is 0 Å². The van der Waals surface area contributed by atoms with Gasteiger partial charge in [0.2, 0.25) is 11.8 Å². The van der Waals surface area contributed by atoms with Gasteiger partial charge in [-0.05, 0) is 54.3 Å². The van der Waals surface area contributed by atoms with Crippen LogP contribution in [0.4, 0.5) is 11.4 Å². The first-order chi connectivity index (χ1) is 15.5. The third-order valence-electron chi connectivity index (χ3n) is 6.54. The third kappa shape index (κ3) is 3.93. The first kappa shape index (κ1) is 20.5. The lowest BCUT2D eigenvalue weighted by Crippen LogP contribution is -2.52. The number of hydrogen-bond acceptors (Lipinski definition) is 6. The first-order valence-electron chi connectivity index (χ1n) is 11.1. The molecule has 0 radical (unpaired) electrons. The highest BCUT2D eigenvalue weighted by atomic mass is 16.2. The molecule has 0 spiro atoms. The van der Waals surface area contributed by atoms with E-state index < -0.39 is 6.04 Å². The van der Waals surface area contributed by atoms with Crippen LogP contribution in [0.3, 0.4) is 0 Å². The van der Waals surface area contributed by atoms with Crippen molar-refractivity contribution in [2.75, 3.05) is 23.3 Å². The number of rotatable bonds is 5. The molecular formula is C24H27N5O3. The zero-order chi connectivity index (χ0) is 22.2. The van der Waals surface area contributed by atoms with Crippen molar-refractivity contribution in [2.45, 2.75) is 44.4 Å². The molecule has 3 amide bonds. The Balaban J connectivity index is 1.22. The van der Waals surface area contributed by atoms with Crippen molar-refractivity contribution in [2.24, 2.45) is 5.73 Å². The van der Waals surface area contributed by atoms with Gasteiger partial charge in [-0.3, -0.25) is 19.7 Å². The van der Waals surface area contributed by atoms with Crippen LogP contribution in [0.1, 0.15) is 40.7 Å². The van der Waals surface area contributed by atoms with Crippen molar-refractivity contribution in [1.82, 2.24) is 10.2 Å². The molecule has 8 nitrogen and oxygen atoms in total. The topological polar surface area (TPSA) is 108 Å². The van der Waals surface area contributed by atoms with Crippen molar-refractivity contribution >= 4 is 29.1 Å². The number of imide groups is 1. The smallest absolute Gasteiger partial charge is 0.255 e. The lowest BCUT2D eigenvalue weighted by Gasteiger charge is -2.29. The summed E-state index contributed by atoms with van der Waals surface area (Å²) < 4.78 is 0. The summed E-state index contributed by atoms with van der Waals surface area (Å²) in [6, 6.07) is 13.8. The molecule has 3 aliphatic rings. The highest BCUT2D eigenvalue weighted by Gasteiger charge is 2.39. The van der Waals surface area contributed by atoms with Crippen molar-refractivity contribution in [3.63, 3.8) is 0 Å². The van der Waals surface area contributed by atoms with Crippen LogP contribution in [-0.2, 0) is 22.7 Å². The van der Waals surface area contributed by atoms with Gasteiger partial charge in [-0.25, -0.2) is 0 Å². The lowest BCUT2D eigenvalue weighted by molar-refractivity contribution is -0.136. The maximum Gasteiger partial charge on any atom is 0.255 e. The van der Waals surface area contributed by atoms with Gasteiger partial charge in [-0.15, -0.1) is 0 Å². The van der Waals surface area contributed by atoms with Crippen molar-refractivity contribution in [3.05, 3.63) is 59.2 Å². The van der Waals surface area contributed by atoms with Crippen molar-refractivity contribution < 1.29 is 14.4 Å². The number of nitrogens with zero attached hydrogens (tertiary/aromatic N) is 2. The molecule has 3 heterocycles. The maximum atomic E-state index is 12.8. The van der Waals surface area contributed by atoms with E-state index in [0.717, 1.165) is 36.3 Å². The predicted molar refractivity (Wildman–Crippen MR) is 121 cm³/mol. The molecule has 0 bridgehead atoms. The standard InChI is InChI=1S/C24H27N5O3/c25-17-9-10-28(14-17)19-4-2-18(3-5-19)26-12-15-1-6-20-16(11-15)13-29(24(20)32)21-7-8-22(30)27-23(21)31/h1-6,11,17,21,26H,7-10,12-14,25H2,(H,27,30,31). The Kier molecular flexibility index (Phi) is 5.30. The Morgan fingerprint density at radius 3 is 2.59 bits per heavy atom. The van der Waals surface area contributed by atoms with Gasteiger partial charge in [-0.2, -0.15) is 0 Å². The summed E-state index contributed by atoms with van der Waals surface area (Å²) in [4.78, 5) is 40.3. The van der Waals surface area contributed by atoms with E-state index in [1.165, 1.54) is 5.69 Å². The molecule has 8 heteroatoms. The number of carbonyl (C=O) groups excluding carboxylic acids is 3. The Bertz CT molecular complexity index is 1070. The fourth-order valence-electron chi connectivity index (χ4n) is 4.75. The van der Waals surface area contributed by atoms with E-state index in [4.69, 9.17) is 5.73 Å². The van der Waals surface area contributed by atoms with E-state index in [2.05, 4.69) is 39.8 Å². The Morgan fingerprint density at radius 2 is 1.88 bits per heavy atom. The fraction of sp³-hybridized carbons (Fsp3) is 0.375. The van der Waals surface area contributed by atoms with Crippen LogP contribution in [0.15, 0.2) is 42.5 Å². The average Bonchev–Trinajstić information content (AvgIpc) is 3.36. The number of fused-ring (bicyclic) bond motifs is 1. The minimum Gasteiger partial charge on any atom is -0.381 e. The monoisotopic (exact) mass is 433 g/mol. The van der Waals surface area contributed by atoms with E-state index in [-0.39, 0.29) is 30.2 Å². The molecule has 5 rings (SSSR count). The molecular weight excluding hydrogens is 406 g/mol. The summed E-state index contributed by atoms with van der Waals surface area (Å²) in [6.07, 6.45) is 1.66. The number of nitrogens with two attached hydrogens (primary N) is 1. The quantitative estimate of drug-likeness (QED) is 0.618. The highest BCUT2D eigenvalue weighted by molar-refractivity contribution is 6.05. The molecule has 166 valence electrons. The van der Waals surface area contributed by atoms with Crippen LogP contribution in [0.5, 0.6) is 0 Å². The third-order valence-corrected chi connectivity index (χ3v) is 6.54. The average molecular weight is 434 g/mol. The van der Waals surface area contributed by atoms with Crippen LogP contribution in [0, 0.1) is 0 Å². The van der Waals surface area contributed by atoms with Gasteiger partial charge in [0.1, 0.15) is 6.04 Å². The predicted octanol–water partition coefficient (Wildman–Crippen LogP) is 1.60. The van der Waals surface area contributed by atoms with Gasteiger partial charge < -0.3 is 20.9 Å². The van der Waals surface area contributed by atoms with Crippen molar-refractivity contribution in [3.8, 4) is 0 Å². The largest absolute Gasteiger partial charge is 0.381 e. The lowest BCUT2D eigenvalue weighted by atomic mass is 10.0. The minimum atomic E-state index is -0.585. The number of carbonyl (C=O) groups is 3. The number of anilines is 2. The normalized spacial score (nSPS) is 22.8. The molecule has 4 N–H and O–H groups in total. The second kappa shape index (κ2) is 8.27. The molecule has 2 saturated heterocycles. The molecule has 32 heavy (non-hydrogen) atoms. The summed E-state index contributed by atoms with van der Waals surface area (Å²) in [5.74, 6) is -0.810. The van der Waals surface area contributed by atoms with E-state index in [1.54, 1.807) is 4.90 Å². The van der Waals surface area contributed by atoms with Gasteiger partial charge >= 0.3 is 0 Å². The molecule has 3 aliphatic heterocycles. The number of amides is 3. The SMILES string of the molecule is NC1CCN(c2ccc(NCc3ccc4c(c3)CN(C3CCC(=O)NC3=O)C4=O)cc2)C1. The Labute approximate surface area is 186 Å². The van der Waals surface area contributed by atoms with Gasteiger partial charge in [0.15, 0.2) is 0 Å². The van der Waals surface area contributed by atoms with E-state index in [1.807, 2.05) is 18.2 Å². The number of hydrogen-bond donors (Lipinski definition) is 3.